The predicted octanol–water partition coefficient (Wildman–Crippen LogP) is 1.85. The molecule has 5 heteroatoms. The maximum absolute atomic E-state index is 11.9. The minimum absolute atomic E-state index is 0.0762. The second-order valence-corrected chi connectivity index (χ2v) is 5.43. The minimum Gasteiger partial charge on any atom is -0.480 e. The van der Waals surface area contributed by atoms with E-state index in [0.717, 1.165) is 5.56 Å². The molecule has 0 saturated carbocycles. The number of hydrogen-bond donors (Lipinski definition) is 3. The van der Waals surface area contributed by atoms with Gasteiger partial charge in [-0.15, -0.1) is 0 Å². The quantitative estimate of drug-likeness (QED) is 0.697. The maximum Gasteiger partial charge on any atom is 0.327 e. The third kappa shape index (κ3) is 4.59. The standard InChI is InChI=1S/C14H19NO3S/c1-14(2,10-6-4-3-5-7-10)8-12(16)15-11(9-19)13(17)18/h3-7,11,19H,8-9H2,1-2H3,(H,15,16)(H,17,18)/t11-/m0/s1. The maximum atomic E-state index is 11.9. The van der Waals surface area contributed by atoms with E-state index in [1.165, 1.54) is 0 Å². The van der Waals surface area contributed by atoms with Gasteiger partial charge in [0.2, 0.25) is 5.91 Å². The normalized spacial score (nSPS) is 12.8. The summed E-state index contributed by atoms with van der Waals surface area (Å²) in [4.78, 5) is 22.7. The Morgan fingerprint density at radius 1 is 1.32 bits per heavy atom. The smallest absolute Gasteiger partial charge is 0.327 e. The number of carboxylic acid groups (broad SMARTS) is 1. The van der Waals surface area contributed by atoms with Gasteiger partial charge < -0.3 is 10.4 Å². The molecule has 0 aliphatic carbocycles. The fourth-order valence-corrected chi connectivity index (χ4v) is 2.07. The molecule has 104 valence electrons. The van der Waals surface area contributed by atoms with Crippen molar-refractivity contribution in [3.8, 4) is 0 Å². The Balaban J connectivity index is 2.68. The van der Waals surface area contributed by atoms with Crippen molar-refractivity contribution in [2.45, 2.75) is 31.7 Å². The van der Waals surface area contributed by atoms with Crippen LogP contribution in [0.4, 0.5) is 0 Å². The first kappa shape index (κ1) is 15.6. The Kier molecular flexibility index (Phi) is 5.42. The number of amides is 1. The number of rotatable bonds is 6. The summed E-state index contributed by atoms with van der Waals surface area (Å²) in [6, 6.07) is 8.73. The van der Waals surface area contributed by atoms with Crippen LogP contribution in [0.5, 0.6) is 0 Å². The van der Waals surface area contributed by atoms with Crippen molar-refractivity contribution >= 4 is 24.5 Å². The molecule has 0 radical (unpaired) electrons. The van der Waals surface area contributed by atoms with E-state index < -0.39 is 12.0 Å². The SMILES string of the molecule is CC(C)(CC(=O)N[C@@H](CS)C(=O)O)c1ccccc1. The highest BCUT2D eigenvalue weighted by Crippen LogP contribution is 2.26. The molecular formula is C14H19NO3S. The first-order chi connectivity index (χ1) is 8.86. The molecule has 0 saturated heterocycles. The molecule has 1 amide bonds. The number of nitrogens with one attached hydrogen (secondary N) is 1. The molecule has 0 aromatic heterocycles. The highest BCUT2D eigenvalue weighted by Gasteiger charge is 2.26. The van der Waals surface area contributed by atoms with Crippen LogP contribution >= 0.6 is 12.6 Å². The molecule has 19 heavy (non-hydrogen) atoms. The largest absolute Gasteiger partial charge is 0.480 e. The molecule has 4 nitrogen and oxygen atoms in total. The Hall–Kier alpha value is -1.49. The summed E-state index contributed by atoms with van der Waals surface area (Å²) in [5, 5.41) is 11.4. The van der Waals surface area contributed by atoms with Crippen LogP contribution in [-0.2, 0) is 15.0 Å². The lowest BCUT2D eigenvalue weighted by Crippen LogP contribution is -2.43. The molecule has 0 aliphatic heterocycles. The molecule has 0 unspecified atom stereocenters. The van der Waals surface area contributed by atoms with E-state index in [0.29, 0.717) is 0 Å². The van der Waals surface area contributed by atoms with E-state index >= 15 is 0 Å². The monoisotopic (exact) mass is 281 g/mol. The number of thiol groups is 1. The number of benzene rings is 1. The number of carbonyl (C=O) groups excluding carboxylic acids is 1. The summed E-state index contributed by atoms with van der Waals surface area (Å²) in [7, 11) is 0. The first-order valence-corrected chi connectivity index (χ1v) is 6.68. The molecule has 1 aromatic carbocycles. The molecule has 2 N–H and O–H groups in total. The fourth-order valence-electron chi connectivity index (χ4n) is 1.82. The van der Waals surface area contributed by atoms with Crippen molar-refractivity contribution in [2.24, 2.45) is 0 Å². The zero-order chi connectivity index (χ0) is 14.5. The van der Waals surface area contributed by atoms with E-state index in [4.69, 9.17) is 5.11 Å². The molecule has 0 fully saturated rings. The van der Waals surface area contributed by atoms with Gasteiger partial charge in [0.05, 0.1) is 0 Å². The van der Waals surface area contributed by atoms with Crippen molar-refractivity contribution in [3.05, 3.63) is 35.9 Å². The predicted molar refractivity (Wildman–Crippen MR) is 77.5 cm³/mol. The van der Waals surface area contributed by atoms with Gasteiger partial charge in [0.15, 0.2) is 0 Å². The Bertz CT molecular complexity index is 445. The number of carbonyl (C=O) groups is 2. The van der Waals surface area contributed by atoms with Crippen LogP contribution < -0.4 is 5.32 Å². The van der Waals surface area contributed by atoms with Crippen LogP contribution in [0, 0.1) is 0 Å². The van der Waals surface area contributed by atoms with Crippen molar-refractivity contribution in [2.75, 3.05) is 5.75 Å². The van der Waals surface area contributed by atoms with Crippen molar-refractivity contribution < 1.29 is 14.7 Å². The van der Waals surface area contributed by atoms with E-state index in [9.17, 15) is 9.59 Å². The van der Waals surface area contributed by atoms with Crippen LogP contribution in [0.2, 0.25) is 0 Å². The lowest BCUT2D eigenvalue weighted by Gasteiger charge is -2.25. The van der Waals surface area contributed by atoms with Gasteiger partial charge in [-0.25, -0.2) is 4.79 Å². The highest BCUT2D eigenvalue weighted by molar-refractivity contribution is 7.80. The minimum atomic E-state index is -1.07. The molecule has 1 rings (SSSR count). The zero-order valence-electron chi connectivity index (χ0n) is 11.1. The fraction of sp³-hybridized carbons (Fsp3) is 0.429. The summed E-state index contributed by atoms with van der Waals surface area (Å²) in [5.74, 6) is -1.27. The number of hydrogen-bond acceptors (Lipinski definition) is 3. The molecule has 0 aliphatic rings. The van der Waals surface area contributed by atoms with Crippen LogP contribution in [0.15, 0.2) is 30.3 Å². The lowest BCUT2D eigenvalue weighted by molar-refractivity contribution is -0.141. The average molecular weight is 281 g/mol. The summed E-state index contributed by atoms with van der Waals surface area (Å²) >= 11 is 3.92. The lowest BCUT2D eigenvalue weighted by atomic mass is 9.81. The van der Waals surface area contributed by atoms with Crippen molar-refractivity contribution in [3.63, 3.8) is 0 Å². The van der Waals surface area contributed by atoms with E-state index in [1.807, 2.05) is 44.2 Å². The first-order valence-electron chi connectivity index (χ1n) is 6.05. The van der Waals surface area contributed by atoms with Gasteiger partial charge in [0.1, 0.15) is 6.04 Å². The summed E-state index contributed by atoms with van der Waals surface area (Å²) in [5.41, 5.74) is 0.702. The topological polar surface area (TPSA) is 66.4 Å². The second-order valence-electron chi connectivity index (χ2n) is 5.07. The summed E-state index contributed by atoms with van der Waals surface area (Å²) < 4.78 is 0. The van der Waals surface area contributed by atoms with Crippen LogP contribution in [0.1, 0.15) is 25.8 Å². The second kappa shape index (κ2) is 6.61. The highest BCUT2D eigenvalue weighted by atomic mass is 32.1. The van der Waals surface area contributed by atoms with E-state index in [-0.39, 0.29) is 23.5 Å². The van der Waals surface area contributed by atoms with Gasteiger partial charge in [-0.2, -0.15) is 12.6 Å². The summed E-state index contributed by atoms with van der Waals surface area (Å²) in [6.07, 6.45) is 0.231. The van der Waals surface area contributed by atoms with Gasteiger partial charge in [0.25, 0.3) is 0 Å². The molecule has 1 atom stereocenters. The molecule has 0 bridgehead atoms. The van der Waals surface area contributed by atoms with Crippen molar-refractivity contribution in [1.29, 1.82) is 0 Å². The Labute approximate surface area is 118 Å². The van der Waals surface area contributed by atoms with Crippen LogP contribution in [0.3, 0.4) is 0 Å². The Morgan fingerprint density at radius 3 is 2.37 bits per heavy atom. The molecule has 1 aromatic rings. The van der Waals surface area contributed by atoms with Gasteiger partial charge in [0, 0.05) is 12.2 Å². The summed E-state index contributed by atoms with van der Waals surface area (Å²) in [6.45, 7) is 3.91. The van der Waals surface area contributed by atoms with Gasteiger partial charge in [-0.1, -0.05) is 44.2 Å². The third-order valence-corrected chi connectivity index (χ3v) is 3.34. The van der Waals surface area contributed by atoms with Gasteiger partial charge in [-0.05, 0) is 11.0 Å². The average Bonchev–Trinajstić information content (AvgIpc) is 2.36. The molecular weight excluding hydrogens is 262 g/mol. The number of carboxylic acids is 1. The van der Waals surface area contributed by atoms with Crippen LogP contribution in [-0.4, -0.2) is 28.8 Å². The number of aliphatic carboxylic acids is 1. The third-order valence-electron chi connectivity index (χ3n) is 2.97. The van der Waals surface area contributed by atoms with Crippen molar-refractivity contribution in [1.82, 2.24) is 5.32 Å². The van der Waals surface area contributed by atoms with E-state index in [2.05, 4.69) is 17.9 Å². The zero-order valence-corrected chi connectivity index (χ0v) is 12.0. The van der Waals surface area contributed by atoms with E-state index in [1.54, 1.807) is 0 Å². The Morgan fingerprint density at radius 2 is 1.89 bits per heavy atom. The molecule has 0 spiro atoms. The van der Waals surface area contributed by atoms with Gasteiger partial charge >= 0.3 is 5.97 Å². The van der Waals surface area contributed by atoms with Gasteiger partial charge in [-0.3, -0.25) is 4.79 Å². The molecule has 0 heterocycles. The van der Waals surface area contributed by atoms with Crippen LogP contribution in [0.25, 0.3) is 0 Å².